The van der Waals surface area contributed by atoms with Crippen molar-refractivity contribution in [1.29, 1.82) is 0 Å². The average molecular weight is 410 g/mol. The Bertz CT molecular complexity index is 1080. The number of H-pyrrole nitrogens is 1. The van der Waals surface area contributed by atoms with Gasteiger partial charge >= 0.3 is 0 Å². The summed E-state index contributed by atoms with van der Waals surface area (Å²) in [7, 11) is -3.55. The highest BCUT2D eigenvalue weighted by molar-refractivity contribution is 7.90. The van der Waals surface area contributed by atoms with E-state index in [0.717, 1.165) is 12.7 Å². The van der Waals surface area contributed by atoms with E-state index < -0.39 is 21.2 Å². The summed E-state index contributed by atoms with van der Waals surface area (Å²) in [5, 5.41) is 2.78. The molecule has 0 radical (unpaired) electrons. The lowest BCUT2D eigenvalue weighted by atomic mass is 10.0. The molecule has 2 aromatic rings. The lowest BCUT2D eigenvalue weighted by Crippen LogP contribution is -2.29. The van der Waals surface area contributed by atoms with Gasteiger partial charge in [-0.2, -0.15) is 0 Å². The average Bonchev–Trinajstić information content (AvgIpc) is 3.01. The fourth-order valence-electron chi connectivity index (χ4n) is 3.11. The zero-order chi connectivity index (χ0) is 19.8. The maximum absolute atomic E-state index is 12.9. The summed E-state index contributed by atoms with van der Waals surface area (Å²) in [6, 6.07) is 2.75. The van der Waals surface area contributed by atoms with Gasteiger partial charge in [-0.15, -0.1) is 0 Å². The van der Waals surface area contributed by atoms with Crippen molar-refractivity contribution in [3.8, 4) is 0 Å². The second-order valence-corrected chi connectivity index (χ2v) is 8.68. The predicted molar refractivity (Wildman–Crippen MR) is 105 cm³/mol. The summed E-state index contributed by atoms with van der Waals surface area (Å²) >= 11 is 6.52. The maximum Gasteiger partial charge on any atom is 0.277 e. The van der Waals surface area contributed by atoms with E-state index in [1.54, 1.807) is 6.92 Å². The van der Waals surface area contributed by atoms with E-state index in [0.29, 0.717) is 25.3 Å². The second-order valence-electron chi connectivity index (χ2n) is 6.32. The van der Waals surface area contributed by atoms with E-state index in [1.165, 1.54) is 23.0 Å². The molecule has 1 aromatic carbocycles. The molecule has 2 heterocycles. The summed E-state index contributed by atoms with van der Waals surface area (Å²) in [5.41, 5.74) is -0.0581. The summed E-state index contributed by atoms with van der Waals surface area (Å²) < 4.78 is 25.8. The highest BCUT2D eigenvalue weighted by atomic mass is 35.5. The van der Waals surface area contributed by atoms with Crippen molar-refractivity contribution in [2.75, 3.05) is 24.2 Å². The van der Waals surface area contributed by atoms with Gasteiger partial charge in [0.1, 0.15) is 5.56 Å². The first-order valence-electron chi connectivity index (χ1n) is 8.51. The van der Waals surface area contributed by atoms with Gasteiger partial charge in [-0.1, -0.05) is 23.8 Å². The number of nitrogens with zero attached hydrogens (tertiary/aromatic N) is 2. The smallest absolute Gasteiger partial charge is 0.277 e. The van der Waals surface area contributed by atoms with Crippen LogP contribution in [0.2, 0.25) is 5.02 Å². The SMILES string of the molecule is CCn1[nH]cc(C(=O)c2ccc(S(C)(=O)=O)c(N3CC=CCC3)c2Cl)c1=O. The Morgan fingerprint density at radius 3 is 2.56 bits per heavy atom. The molecule has 0 saturated carbocycles. The third kappa shape index (κ3) is 3.59. The van der Waals surface area contributed by atoms with Crippen LogP contribution in [-0.4, -0.2) is 43.3 Å². The topological polar surface area (TPSA) is 92.2 Å². The molecule has 9 heteroatoms. The molecule has 0 amide bonds. The fraction of sp³-hybridized carbons (Fsp3) is 0.333. The van der Waals surface area contributed by atoms with Gasteiger partial charge in [-0.25, -0.2) is 8.42 Å². The molecule has 0 saturated heterocycles. The van der Waals surface area contributed by atoms with Crippen LogP contribution in [-0.2, 0) is 16.4 Å². The Morgan fingerprint density at radius 2 is 2.00 bits per heavy atom. The number of aromatic amines is 1. The molecule has 1 aliphatic heterocycles. The number of ketones is 1. The Balaban J connectivity index is 2.17. The highest BCUT2D eigenvalue weighted by Gasteiger charge is 2.27. The number of carbonyl (C=O) groups excluding carboxylic acids is 1. The maximum atomic E-state index is 12.9. The summed E-state index contributed by atoms with van der Waals surface area (Å²) in [6.07, 6.45) is 7.13. The van der Waals surface area contributed by atoms with Crippen LogP contribution in [0.5, 0.6) is 0 Å². The summed E-state index contributed by atoms with van der Waals surface area (Å²) in [6.45, 7) is 3.26. The van der Waals surface area contributed by atoms with Gasteiger partial charge in [0.05, 0.1) is 15.6 Å². The largest absolute Gasteiger partial charge is 0.365 e. The Hall–Kier alpha value is -2.32. The van der Waals surface area contributed by atoms with Gasteiger partial charge in [0.15, 0.2) is 9.84 Å². The summed E-state index contributed by atoms with van der Waals surface area (Å²) in [4.78, 5) is 27.1. The minimum Gasteiger partial charge on any atom is -0.365 e. The first-order chi connectivity index (χ1) is 12.8. The van der Waals surface area contributed by atoms with Crippen LogP contribution >= 0.6 is 11.6 Å². The van der Waals surface area contributed by atoms with E-state index >= 15 is 0 Å². The third-order valence-electron chi connectivity index (χ3n) is 4.50. The van der Waals surface area contributed by atoms with Crippen LogP contribution in [0, 0.1) is 0 Å². The van der Waals surface area contributed by atoms with Crippen LogP contribution < -0.4 is 10.5 Å². The van der Waals surface area contributed by atoms with E-state index in [9.17, 15) is 18.0 Å². The second kappa shape index (κ2) is 7.36. The van der Waals surface area contributed by atoms with E-state index in [-0.39, 0.29) is 21.0 Å². The van der Waals surface area contributed by atoms with Crippen molar-refractivity contribution in [1.82, 2.24) is 9.78 Å². The number of rotatable bonds is 5. The third-order valence-corrected chi connectivity index (χ3v) is 6.01. The van der Waals surface area contributed by atoms with E-state index in [4.69, 9.17) is 11.6 Å². The number of benzene rings is 1. The molecule has 0 bridgehead atoms. The predicted octanol–water partition coefficient (Wildman–Crippen LogP) is 2.25. The Labute approximate surface area is 162 Å². The minimum absolute atomic E-state index is 0.0321. The molecule has 1 N–H and O–H groups in total. The first-order valence-corrected chi connectivity index (χ1v) is 10.8. The molecule has 1 aliphatic rings. The number of nitrogens with one attached hydrogen (secondary N) is 1. The normalized spacial score (nSPS) is 14.6. The monoisotopic (exact) mass is 409 g/mol. The van der Waals surface area contributed by atoms with Crippen molar-refractivity contribution in [2.45, 2.75) is 24.8 Å². The number of anilines is 1. The molecule has 0 aliphatic carbocycles. The van der Waals surface area contributed by atoms with Crippen LogP contribution in [0.3, 0.4) is 0 Å². The van der Waals surface area contributed by atoms with Crippen molar-refractivity contribution in [3.63, 3.8) is 0 Å². The number of aromatic nitrogens is 2. The molecule has 0 spiro atoms. The number of aryl methyl sites for hydroxylation is 1. The quantitative estimate of drug-likeness (QED) is 0.604. The number of carbonyl (C=O) groups is 1. The molecule has 0 fully saturated rings. The molecule has 1 aromatic heterocycles. The van der Waals surface area contributed by atoms with Gasteiger partial charge in [0, 0.05) is 37.7 Å². The lowest BCUT2D eigenvalue weighted by molar-refractivity contribution is 0.103. The van der Waals surface area contributed by atoms with Crippen LogP contribution in [0.25, 0.3) is 0 Å². The minimum atomic E-state index is -3.55. The van der Waals surface area contributed by atoms with Crippen molar-refractivity contribution in [2.24, 2.45) is 0 Å². The molecule has 144 valence electrons. The molecule has 27 heavy (non-hydrogen) atoms. The van der Waals surface area contributed by atoms with Gasteiger partial charge in [-0.05, 0) is 25.5 Å². The number of hydrogen-bond donors (Lipinski definition) is 1. The van der Waals surface area contributed by atoms with Gasteiger partial charge in [0.2, 0.25) is 5.78 Å². The standard InChI is InChI=1S/C18H20ClN3O4S/c1-3-22-18(24)13(11-20-22)17(23)12-7-8-14(27(2,25)26)16(15(12)19)21-9-5-4-6-10-21/h4-5,7-8,11,20H,3,6,9-10H2,1-2H3. The lowest BCUT2D eigenvalue weighted by Gasteiger charge is -2.29. The molecule has 0 atom stereocenters. The zero-order valence-corrected chi connectivity index (χ0v) is 16.6. The fourth-order valence-corrected chi connectivity index (χ4v) is 4.44. The summed E-state index contributed by atoms with van der Waals surface area (Å²) in [5.74, 6) is -0.540. The van der Waals surface area contributed by atoms with Crippen LogP contribution in [0.15, 0.2) is 40.2 Å². The molecule has 7 nitrogen and oxygen atoms in total. The van der Waals surface area contributed by atoms with Crippen molar-refractivity contribution in [3.05, 3.63) is 57.0 Å². The van der Waals surface area contributed by atoms with Crippen LogP contribution in [0.1, 0.15) is 29.3 Å². The van der Waals surface area contributed by atoms with E-state index in [1.807, 2.05) is 17.1 Å². The van der Waals surface area contributed by atoms with Crippen molar-refractivity contribution >= 4 is 32.9 Å². The van der Waals surface area contributed by atoms with E-state index in [2.05, 4.69) is 5.10 Å². The zero-order valence-electron chi connectivity index (χ0n) is 15.0. The van der Waals surface area contributed by atoms with Gasteiger partial charge in [-0.3, -0.25) is 14.3 Å². The molecule has 3 rings (SSSR count). The van der Waals surface area contributed by atoms with Gasteiger partial charge < -0.3 is 10.00 Å². The van der Waals surface area contributed by atoms with Crippen molar-refractivity contribution < 1.29 is 13.2 Å². The first kappa shape index (κ1) is 19.4. The van der Waals surface area contributed by atoms with Gasteiger partial charge in [0.25, 0.3) is 5.56 Å². The molecule has 0 unspecified atom stereocenters. The molecular weight excluding hydrogens is 390 g/mol. The Kier molecular flexibility index (Phi) is 5.30. The number of halogens is 1. The number of sulfone groups is 1. The van der Waals surface area contributed by atoms with Crippen LogP contribution in [0.4, 0.5) is 5.69 Å². The highest BCUT2D eigenvalue weighted by Crippen LogP contribution is 2.37. The number of hydrogen-bond acceptors (Lipinski definition) is 5. The molecular formula is C18H20ClN3O4S. The Morgan fingerprint density at radius 1 is 1.26 bits per heavy atom.